The number of hydrogen-bond donors (Lipinski definition) is 2. The van der Waals surface area contributed by atoms with Gasteiger partial charge in [-0.25, -0.2) is 13.4 Å². The van der Waals surface area contributed by atoms with Crippen molar-refractivity contribution in [3.8, 4) is 0 Å². The minimum atomic E-state index is -4.07. The molecule has 156 valence electrons. The number of anilines is 1. The number of carbonyl (C=O) groups is 2. The van der Waals surface area contributed by atoms with E-state index in [1.165, 1.54) is 38.2 Å². The van der Waals surface area contributed by atoms with Crippen molar-refractivity contribution in [2.24, 2.45) is 0 Å². The molecule has 1 amide bonds. The van der Waals surface area contributed by atoms with Gasteiger partial charge in [0.1, 0.15) is 6.04 Å². The third kappa shape index (κ3) is 6.28. The van der Waals surface area contributed by atoms with Gasteiger partial charge < -0.3 is 10.1 Å². The van der Waals surface area contributed by atoms with Gasteiger partial charge in [-0.05, 0) is 44.2 Å². The first-order valence-corrected chi connectivity index (χ1v) is 10.7. The Balaban J connectivity index is 1.99. The Morgan fingerprint density at radius 2 is 1.79 bits per heavy atom. The highest BCUT2D eigenvalue weighted by molar-refractivity contribution is 7.89. The maximum Gasteiger partial charge on any atom is 0.324 e. The molecule has 8 nitrogen and oxygen atoms in total. The lowest BCUT2D eigenvalue weighted by Gasteiger charge is -2.18. The Labute approximate surface area is 182 Å². The molecule has 0 aliphatic carbocycles. The fraction of sp³-hybridized carbons (Fsp3) is 0.235. The first kappa shape index (κ1) is 23.4. The average Bonchev–Trinajstić information content (AvgIpc) is 2.65. The predicted molar refractivity (Wildman–Crippen MR) is 110 cm³/mol. The van der Waals surface area contributed by atoms with Gasteiger partial charge in [-0.1, -0.05) is 34.8 Å². The summed E-state index contributed by atoms with van der Waals surface area (Å²) in [6.07, 6.45) is 0.235. The number of ether oxygens (including phenoxy) is 1. The van der Waals surface area contributed by atoms with Crippen LogP contribution in [0.3, 0.4) is 0 Å². The minimum Gasteiger partial charge on any atom is -0.451 e. The van der Waals surface area contributed by atoms with E-state index in [9.17, 15) is 18.0 Å². The number of carbonyl (C=O) groups excluding carboxylic acids is 2. The second-order valence-electron chi connectivity index (χ2n) is 5.83. The molecule has 0 spiro atoms. The number of sulfonamides is 1. The molecule has 1 heterocycles. The van der Waals surface area contributed by atoms with Crippen molar-refractivity contribution in [1.82, 2.24) is 9.71 Å². The molecule has 0 aliphatic heterocycles. The summed E-state index contributed by atoms with van der Waals surface area (Å²) in [4.78, 5) is 28.0. The Morgan fingerprint density at radius 1 is 1.10 bits per heavy atom. The number of halogens is 3. The zero-order valence-electron chi connectivity index (χ0n) is 15.1. The molecule has 0 fully saturated rings. The number of esters is 1. The first-order valence-electron chi connectivity index (χ1n) is 8.10. The largest absolute Gasteiger partial charge is 0.451 e. The third-order valence-corrected chi connectivity index (χ3v) is 6.14. The minimum absolute atomic E-state index is 0.0455. The van der Waals surface area contributed by atoms with E-state index in [1.54, 1.807) is 6.07 Å². The molecule has 1 unspecified atom stereocenters. The smallest absolute Gasteiger partial charge is 0.324 e. The fourth-order valence-corrected chi connectivity index (χ4v) is 3.78. The summed E-state index contributed by atoms with van der Waals surface area (Å²) in [6.45, 7) is 2.61. The van der Waals surface area contributed by atoms with Crippen LogP contribution in [0.2, 0.25) is 15.2 Å². The zero-order valence-corrected chi connectivity index (χ0v) is 18.2. The van der Waals surface area contributed by atoms with E-state index < -0.39 is 34.0 Å². The number of pyridine rings is 1. The molecule has 0 aliphatic rings. The van der Waals surface area contributed by atoms with Crippen LogP contribution in [-0.4, -0.2) is 37.4 Å². The van der Waals surface area contributed by atoms with Gasteiger partial charge in [0.25, 0.3) is 5.91 Å². The molecule has 0 saturated carbocycles. The van der Waals surface area contributed by atoms with Crippen molar-refractivity contribution in [3.05, 3.63) is 51.7 Å². The normalized spacial score (nSPS) is 13.4. The molecule has 1 aromatic carbocycles. The molecule has 2 N–H and O–H groups in total. The number of benzene rings is 1. The molecule has 29 heavy (non-hydrogen) atoms. The van der Waals surface area contributed by atoms with Gasteiger partial charge in [-0.15, -0.1) is 0 Å². The Morgan fingerprint density at radius 3 is 2.41 bits per heavy atom. The lowest BCUT2D eigenvalue weighted by atomic mass is 10.3. The number of rotatable bonds is 7. The van der Waals surface area contributed by atoms with E-state index in [0.717, 1.165) is 6.07 Å². The van der Waals surface area contributed by atoms with Crippen molar-refractivity contribution in [2.75, 3.05) is 5.32 Å². The van der Waals surface area contributed by atoms with E-state index in [4.69, 9.17) is 39.5 Å². The van der Waals surface area contributed by atoms with Gasteiger partial charge in [0.05, 0.1) is 20.6 Å². The number of nitrogens with zero attached hydrogens (tertiary/aromatic N) is 1. The van der Waals surface area contributed by atoms with Gasteiger partial charge in [-0.2, -0.15) is 4.72 Å². The standard InChI is InChI=1S/C17H16Cl3N3O5S/c1-9(23-29(26,27)11-5-6-12(18)13(19)8-11)17(25)28-10(2)16(24)22-14-4-3-7-21-15(14)20/h3-10,23H,1-2H3,(H,22,24)/t9-,10?/m0/s1. The topological polar surface area (TPSA) is 114 Å². The maximum atomic E-state index is 12.4. The molecule has 2 rings (SSSR count). The zero-order chi connectivity index (χ0) is 21.8. The number of aromatic nitrogens is 1. The van der Waals surface area contributed by atoms with Crippen molar-refractivity contribution in [2.45, 2.75) is 30.9 Å². The third-order valence-electron chi connectivity index (χ3n) is 3.57. The molecular weight excluding hydrogens is 465 g/mol. The highest BCUT2D eigenvalue weighted by Crippen LogP contribution is 2.25. The molecule has 1 aromatic heterocycles. The summed E-state index contributed by atoms with van der Waals surface area (Å²) in [5.41, 5.74) is 0.246. The van der Waals surface area contributed by atoms with E-state index in [0.29, 0.717) is 0 Å². The predicted octanol–water partition coefficient (Wildman–Crippen LogP) is 3.28. The van der Waals surface area contributed by atoms with E-state index >= 15 is 0 Å². The van der Waals surface area contributed by atoms with Crippen LogP contribution >= 0.6 is 34.8 Å². The monoisotopic (exact) mass is 479 g/mol. The number of nitrogens with one attached hydrogen (secondary N) is 2. The Hall–Kier alpha value is -1.91. The van der Waals surface area contributed by atoms with Gasteiger partial charge in [0, 0.05) is 6.20 Å². The van der Waals surface area contributed by atoms with Crippen LogP contribution in [0.25, 0.3) is 0 Å². The second kappa shape index (κ2) is 9.73. The van der Waals surface area contributed by atoms with Crippen LogP contribution in [-0.2, 0) is 24.3 Å². The SMILES string of the molecule is CC(OC(=O)[C@H](C)NS(=O)(=O)c1ccc(Cl)c(Cl)c1)C(=O)Nc1cccnc1Cl. The van der Waals surface area contributed by atoms with E-state index in [2.05, 4.69) is 15.0 Å². The van der Waals surface area contributed by atoms with E-state index in [-0.39, 0.29) is 25.8 Å². The first-order chi connectivity index (χ1) is 13.5. The summed E-state index contributed by atoms with van der Waals surface area (Å²) in [5.74, 6) is -1.61. The van der Waals surface area contributed by atoms with Gasteiger partial charge >= 0.3 is 5.97 Å². The van der Waals surface area contributed by atoms with Crippen molar-refractivity contribution >= 4 is 62.4 Å². The summed E-state index contributed by atoms with van der Waals surface area (Å²) in [7, 11) is -4.07. The van der Waals surface area contributed by atoms with Crippen LogP contribution in [0.1, 0.15) is 13.8 Å². The summed E-state index contributed by atoms with van der Waals surface area (Å²) >= 11 is 17.4. The summed E-state index contributed by atoms with van der Waals surface area (Å²) < 4.78 is 32.0. The van der Waals surface area contributed by atoms with Gasteiger partial charge in [-0.3, -0.25) is 9.59 Å². The fourth-order valence-electron chi connectivity index (χ4n) is 2.04. The highest BCUT2D eigenvalue weighted by Gasteiger charge is 2.27. The summed E-state index contributed by atoms with van der Waals surface area (Å²) in [5, 5.41) is 2.77. The van der Waals surface area contributed by atoms with Crippen molar-refractivity contribution in [3.63, 3.8) is 0 Å². The molecule has 2 aromatic rings. The Bertz CT molecular complexity index is 1030. The quantitative estimate of drug-likeness (QED) is 0.464. The molecule has 0 radical (unpaired) electrons. The number of hydrogen-bond acceptors (Lipinski definition) is 6. The maximum absolute atomic E-state index is 12.4. The van der Waals surface area contributed by atoms with Crippen LogP contribution in [0, 0.1) is 0 Å². The lowest BCUT2D eigenvalue weighted by molar-refractivity contribution is -0.154. The van der Waals surface area contributed by atoms with Crippen LogP contribution in [0.15, 0.2) is 41.4 Å². The molecule has 0 saturated heterocycles. The molecular formula is C17H16Cl3N3O5S. The van der Waals surface area contributed by atoms with E-state index in [1.807, 2.05) is 0 Å². The van der Waals surface area contributed by atoms with Crippen molar-refractivity contribution in [1.29, 1.82) is 0 Å². The number of amides is 1. The molecule has 0 bridgehead atoms. The van der Waals surface area contributed by atoms with Crippen LogP contribution in [0.4, 0.5) is 5.69 Å². The molecule has 2 atom stereocenters. The van der Waals surface area contributed by atoms with Gasteiger partial charge in [0.2, 0.25) is 10.0 Å². The average molecular weight is 481 g/mol. The summed E-state index contributed by atoms with van der Waals surface area (Å²) in [6, 6.07) is 5.53. The van der Waals surface area contributed by atoms with Gasteiger partial charge in [0.15, 0.2) is 11.3 Å². The molecule has 12 heteroatoms. The Kier molecular flexibility index (Phi) is 7.84. The van der Waals surface area contributed by atoms with Crippen molar-refractivity contribution < 1.29 is 22.7 Å². The highest BCUT2D eigenvalue weighted by atomic mass is 35.5. The lowest BCUT2D eigenvalue weighted by Crippen LogP contribution is -2.42. The van der Waals surface area contributed by atoms with Crippen LogP contribution < -0.4 is 10.0 Å². The second-order valence-corrected chi connectivity index (χ2v) is 8.72. The van der Waals surface area contributed by atoms with Crippen LogP contribution in [0.5, 0.6) is 0 Å².